The van der Waals surface area contributed by atoms with Gasteiger partial charge in [0.05, 0.1) is 22.2 Å². The molecule has 0 saturated heterocycles. The largest absolute Gasteiger partial charge is 0.456 e. The third-order valence-electron chi connectivity index (χ3n) is 11.6. The first kappa shape index (κ1) is 29.4. The first-order valence-electron chi connectivity index (χ1n) is 18.6. The van der Waals surface area contributed by atoms with Gasteiger partial charge in [-0.1, -0.05) is 115 Å². The Kier molecular flexibility index (Phi) is 5.74. The molecule has 5 heteroatoms. The standard InChI is InChI=1S/C50H27N3OS/c1-3-15-34-30(11-1)31-12-2-4-16-35(31)49-47(34)48(29-22-24-45-39(25-29)33-14-7-10-20-44(33)55-45)51-50(52-49)53-40-18-8-5-13-32(40)38-27-37-28(26-41(38)53)21-23-43-46(37)36-17-6-9-19-42(36)54-43/h1-27H. The van der Waals surface area contributed by atoms with E-state index in [9.17, 15) is 0 Å². The third-order valence-corrected chi connectivity index (χ3v) is 12.7. The third kappa shape index (κ3) is 4.00. The van der Waals surface area contributed by atoms with Crippen LogP contribution in [0.25, 0.3) is 124 Å². The minimum atomic E-state index is 0.651. The molecule has 4 nitrogen and oxygen atoms in total. The molecule has 0 aliphatic carbocycles. The molecule has 4 heterocycles. The summed E-state index contributed by atoms with van der Waals surface area (Å²) in [6, 6.07) is 58.8. The molecule has 55 heavy (non-hydrogen) atoms. The Hall–Kier alpha value is -7.08. The van der Waals surface area contributed by atoms with Gasteiger partial charge in [-0.05, 0) is 75.5 Å². The van der Waals surface area contributed by atoms with E-state index >= 15 is 0 Å². The van der Waals surface area contributed by atoms with Crippen LogP contribution in [-0.2, 0) is 0 Å². The van der Waals surface area contributed by atoms with Gasteiger partial charge in [0.25, 0.3) is 0 Å². The molecule has 0 bridgehead atoms. The fourth-order valence-corrected chi connectivity index (χ4v) is 10.3. The molecule has 0 aliphatic rings. The minimum absolute atomic E-state index is 0.651. The van der Waals surface area contributed by atoms with E-state index in [0.29, 0.717) is 5.95 Å². The van der Waals surface area contributed by atoms with Crippen LogP contribution < -0.4 is 0 Å². The van der Waals surface area contributed by atoms with Crippen LogP contribution in [0.5, 0.6) is 0 Å². The molecule has 4 aromatic heterocycles. The van der Waals surface area contributed by atoms with E-state index in [1.54, 1.807) is 0 Å². The average molecular weight is 718 g/mol. The van der Waals surface area contributed by atoms with Gasteiger partial charge in [0.1, 0.15) is 11.2 Å². The number of hydrogen-bond acceptors (Lipinski definition) is 4. The maximum atomic E-state index is 6.32. The zero-order chi connectivity index (χ0) is 35.8. The quantitative estimate of drug-likeness (QED) is 0.167. The molecule has 9 aromatic carbocycles. The molecule has 0 saturated carbocycles. The van der Waals surface area contributed by atoms with Crippen LogP contribution in [0, 0.1) is 0 Å². The monoisotopic (exact) mass is 717 g/mol. The van der Waals surface area contributed by atoms with Crippen LogP contribution in [0.2, 0.25) is 0 Å². The lowest BCUT2D eigenvalue weighted by atomic mass is 9.94. The van der Waals surface area contributed by atoms with Crippen molar-refractivity contribution in [3.63, 3.8) is 0 Å². The van der Waals surface area contributed by atoms with E-state index in [1.165, 1.54) is 36.3 Å². The van der Waals surface area contributed by atoms with E-state index in [1.807, 2.05) is 23.5 Å². The van der Waals surface area contributed by atoms with Crippen LogP contribution in [0.15, 0.2) is 168 Å². The number of thiophene rings is 1. The summed E-state index contributed by atoms with van der Waals surface area (Å²) in [5.74, 6) is 0.651. The summed E-state index contributed by atoms with van der Waals surface area (Å²) in [5, 5.41) is 15.1. The average Bonchev–Trinajstić information content (AvgIpc) is 3.92. The van der Waals surface area contributed by atoms with Gasteiger partial charge in [0, 0.05) is 58.1 Å². The second-order valence-corrected chi connectivity index (χ2v) is 15.6. The Bertz CT molecular complexity index is 3790. The van der Waals surface area contributed by atoms with Crippen molar-refractivity contribution in [2.24, 2.45) is 0 Å². The number of furan rings is 1. The zero-order valence-electron chi connectivity index (χ0n) is 29.2. The Morgan fingerprint density at radius 1 is 0.418 bits per heavy atom. The van der Waals surface area contributed by atoms with E-state index < -0.39 is 0 Å². The summed E-state index contributed by atoms with van der Waals surface area (Å²) < 4.78 is 11.1. The lowest BCUT2D eigenvalue weighted by Crippen LogP contribution is -2.04. The van der Waals surface area contributed by atoms with E-state index in [-0.39, 0.29) is 0 Å². The molecule has 0 N–H and O–H groups in total. The Labute approximate surface area is 317 Å². The van der Waals surface area contributed by atoms with Crippen LogP contribution >= 0.6 is 11.3 Å². The van der Waals surface area contributed by atoms with Gasteiger partial charge in [0.2, 0.25) is 5.95 Å². The first-order chi connectivity index (χ1) is 27.3. The summed E-state index contributed by atoms with van der Waals surface area (Å²) >= 11 is 1.84. The van der Waals surface area contributed by atoms with E-state index in [2.05, 4.69) is 156 Å². The SMILES string of the molecule is c1ccc2c(c1)oc1ccc3cc4c(cc3c12)c1ccccc1n4-c1nc(-c2ccc3sc4ccccc4c3c2)c2c3ccccc3c3ccccc3c2n1. The van der Waals surface area contributed by atoms with E-state index in [0.717, 1.165) is 82.1 Å². The molecule has 0 radical (unpaired) electrons. The lowest BCUT2D eigenvalue weighted by molar-refractivity contribution is 0.669. The number of para-hydroxylation sites is 2. The normalized spacial score (nSPS) is 12.4. The van der Waals surface area contributed by atoms with Crippen molar-refractivity contribution in [3.8, 4) is 17.2 Å². The van der Waals surface area contributed by atoms with Crippen molar-refractivity contribution in [3.05, 3.63) is 164 Å². The number of hydrogen-bond donors (Lipinski definition) is 0. The van der Waals surface area contributed by atoms with Gasteiger partial charge in [-0.25, -0.2) is 9.97 Å². The fourth-order valence-electron chi connectivity index (χ4n) is 9.17. The molecule has 0 unspecified atom stereocenters. The Balaban J connectivity index is 1.19. The predicted octanol–water partition coefficient (Wildman–Crippen LogP) is 14.1. The number of rotatable bonds is 2. The number of aromatic nitrogens is 3. The van der Waals surface area contributed by atoms with Gasteiger partial charge < -0.3 is 4.42 Å². The van der Waals surface area contributed by atoms with Gasteiger partial charge in [0.15, 0.2) is 0 Å². The predicted molar refractivity (Wildman–Crippen MR) is 232 cm³/mol. The summed E-state index contributed by atoms with van der Waals surface area (Å²) in [5.41, 5.74) is 6.88. The highest BCUT2D eigenvalue weighted by atomic mass is 32.1. The van der Waals surface area contributed by atoms with Gasteiger partial charge >= 0.3 is 0 Å². The maximum absolute atomic E-state index is 6.32. The number of benzene rings is 9. The van der Waals surface area contributed by atoms with Crippen molar-refractivity contribution >= 4 is 118 Å². The molecule has 0 atom stereocenters. The smallest absolute Gasteiger partial charge is 0.235 e. The molecular weight excluding hydrogens is 691 g/mol. The Morgan fingerprint density at radius 2 is 1.11 bits per heavy atom. The Morgan fingerprint density at radius 3 is 1.98 bits per heavy atom. The van der Waals surface area contributed by atoms with Crippen molar-refractivity contribution in [2.75, 3.05) is 0 Å². The molecule has 13 aromatic rings. The molecule has 13 rings (SSSR count). The van der Waals surface area contributed by atoms with Crippen molar-refractivity contribution < 1.29 is 4.42 Å². The number of nitrogens with zero attached hydrogens (tertiary/aromatic N) is 3. The highest BCUT2D eigenvalue weighted by molar-refractivity contribution is 7.25. The van der Waals surface area contributed by atoms with Gasteiger partial charge in [-0.2, -0.15) is 0 Å². The number of fused-ring (bicyclic) bond motifs is 17. The second-order valence-electron chi connectivity index (χ2n) is 14.5. The van der Waals surface area contributed by atoms with Crippen LogP contribution in [-0.4, -0.2) is 14.5 Å². The summed E-state index contributed by atoms with van der Waals surface area (Å²) in [7, 11) is 0. The summed E-state index contributed by atoms with van der Waals surface area (Å²) in [6.07, 6.45) is 0. The first-order valence-corrected chi connectivity index (χ1v) is 19.4. The molecule has 0 amide bonds. The zero-order valence-corrected chi connectivity index (χ0v) is 30.1. The maximum Gasteiger partial charge on any atom is 0.235 e. The summed E-state index contributed by atoms with van der Waals surface area (Å²) in [6.45, 7) is 0. The molecule has 0 spiro atoms. The topological polar surface area (TPSA) is 43.9 Å². The van der Waals surface area contributed by atoms with Gasteiger partial charge in [-0.15, -0.1) is 11.3 Å². The highest BCUT2D eigenvalue weighted by Gasteiger charge is 2.22. The second kappa shape index (κ2) is 10.8. The highest BCUT2D eigenvalue weighted by Crippen LogP contribution is 2.44. The van der Waals surface area contributed by atoms with E-state index in [4.69, 9.17) is 14.4 Å². The lowest BCUT2D eigenvalue weighted by Gasteiger charge is -2.16. The molecule has 0 fully saturated rings. The molecular formula is C50H27N3OS. The van der Waals surface area contributed by atoms with Crippen molar-refractivity contribution in [1.82, 2.24) is 14.5 Å². The summed E-state index contributed by atoms with van der Waals surface area (Å²) in [4.78, 5) is 11.2. The van der Waals surface area contributed by atoms with Crippen LogP contribution in [0.1, 0.15) is 0 Å². The van der Waals surface area contributed by atoms with Crippen molar-refractivity contribution in [1.29, 1.82) is 0 Å². The van der Waals surface area contributed by atoms with Crippen LogP contribution in [0.3, 0.4) is 0 Å². The van der Waals surface area contributed by atoms with Crippen molar-refractivity contribution in [2.45, 2.75) is 0 Å². The fraction of sp³-hybridized carbons (Fsp3) is 0. The molecule has 0 aliphatic heterocycles. The van der Waals surface area contributed by atoms with Gasteiger partial charge in [-0.3, -0.25) is 4.57 Å². The van der Waals surface area contributed by atoms with Crippen LogP contribution in [0.4, 0.5) is 0 Å². The molecule has 254 valence electrons. The minimum Gasteiger partial charge on any atom is -0.456 e.